The lowest BCUT2D eigenvalue weighted by Gasteiger charge is -2.13. The van der Waals surface area contributed by atoms with Gasteiger partial charge in [0, 0.05) is 16.6 Å². The summed E-state index contributed by atoms with van der Waals surface area (Å²) < 4.78 is 27.1. The first kappa shape index (κ1) is 14.4. The molecule has 1 unspecified atom stereocenters. The lowest BCUT2D eigenvalue weighted by atomic mass is 9.99. The number of hydrogen-bond donors (Lipinski definition) is 1. The predicted molar refractivity (Wildman–Crippen MR) is 76.1 cm³/mol. The van der Waals surface area contributed by atoms with Crippen LogP contribution in [0.5, 0.6) is 0 Å². The number of rotatable bonds is 3. The molecule has 0 fully saturated rings. The first-order chi connectivity index (χ1) is 8.97. The molecule has 19 heavy (non-hydrogen) atoms. The van der Waals surface area contributed by atoms with Gasteiger partial charge in [-0.15, -0.1) is 0 Å². The van der Waals surface area contributed by atoms with E-state index in [1.807, 2.05) is 6.07 Å². The topological polar surface area (TPSA) is 26.0 Å². The van der Waals surface area contributed by atoms with E-state index in [1.165, 1.54) is 12.1 Å². The van der Waals surface area contributed by atoms with Crippen molar-refractivity contribution in [1.82, 2.24) is 0 Å². The monoisotopic (exact) mass is 345 g/mol. The molecule has 100 valence electrons. The Labute approximate surface area is 123 Å². The Morgan fingerprint density at radius 1 is 1.16 bits per heavy atom. The maximum absolute atomic E-state index is 13.5. The average molecular weight is 347 g/mol. The Morgan fingerprint density at radius 3 is 2.53 bits per heavy atom. The van der Waals surface area contributed by atoms with Crippen LogP contribution in [0.15, 0.2) is 40.9 Å². The average Bonchev–Trinajstić information content (AvgIpc) is 2.36. The largest absolute Gasteiger partial charge is 0.324 e. The smallest absolute Gasteiger partial charge is 0.129 e. The van der Waals surface area contributed by atoms with E-state index in [9.17, 15) is 8.78 Å². The molecule has 1 nitrogen and oxygen atoms in total. The highest BCUT2D eigenvalue weighted by atomic mass is 79.9. The molecule has 2 N–H and O–H groups in total. The quantitative estimate of drug-likeness (QED) is 0.862. The molecule has 2 rings (SSSR count). The molecule has 0 radical (unpaired) electrons. The fourth-order valence-corrected chi connectivity index (χ4v) is 2.22. The predicted octanol–water partition coefficient (Wildman–Crippen LogP) is 4.62. The van der Waals surface area contributed by atoms with Gasteiger partial charge in [-0.05, 0) is 51.7 Å². The van der Waals surface area contributed by atoms with Crippen LogP contribution in [-0.4, -0.2) is 0 Å². The van der Waals surface area contributed by atoms with Gasteiger partial charge in [0.25, 0.3) is 0 Å². The van der Waals surface area contributed by atoms with Crippen molar-refractivity contribution in [1.29, 1.82) is 0 Å². The van der Waals surface area contributed by atoms with E-state index >= 15 is 0 Å². The Balaban J connectivity index is 2.20. The minimum Gasteiger partial charge on any atom is -0.324 e. The van der Waals surface area contributed by atoms with Crippen molar-refractivity contribution in [2.75, 3.05) is 0 Å². The van der Waals surface area contributed by atoms with Crippen LogP contribution in [0, 0.1) is 11.6 Å². The molecule has 0 spiro atoms. The van der Waals surface area contributed by atoms with Crippen molar-refractivity contribution in [3.63, 3.8) is 0 Å². The van der Waals surface area contributed by atoms with E-state index in [2.05, 4.69) is 15.9 Å². The summed E-state index contributed by atoms with van der Waals surface area (Å²) in [5, 5.41) is 0.549. The fourth-order valence-electron chi connectivity index (χ4n) is 1.79. The van der Waals surface area contributed by atoms with E-state index in [0.717, 1.165) is 16.1 Å². The van der Waals surface area contributed by atoms with Crippen molar-refractivity contribution in [2.45, 2.75) is 12.5 Å². The van der Waals surface area contributed by atoms with Gasteiger partial charge in [0.2, 0.25) is 0 Å². The van der Waals surface area contributed by atoms with Gasteiger partial charge < -0.3 is 5.73 Å². The molecule has 0 aliphatic rings. The van der Waals surface area contributed by atoms with Crippen LogP contribution in [0.3, 0.4) is 0 Å². The molecule has 0 saturated carbocycles. The van der Waals surface area contributed by atoms with E-state index in [1.54, 1.807) is 12.1 Å². The van der Waals surface area contributed by atoms with Crippen molar-refractivity contribution in [2.24, 2.45) is 5.73 Å². The summed E-state index contributed by atoms with van der Waals surface area (Å²) in [5.74, 6) is -1.18. The van der Waals surface area contributed by atoms with Crippen LogP contribution in [0.2, 0.25) is 5.02 Å². The van der Waals surface area contributed by atoms with Crippen molar-refractivity contribution in [3.05, 3.63) is 68.7 Å². The second-order valence-corrected chi connectivity index (χ2v) is 5.48. The third-order valence-electron chi connectivity index (χ3n) is 2.83. The molecule has 0 bridgehead atoms. The third-order valence-corrected chi connectivity index (χ3v) is 4.06. The van der Waals surface area contributed by atoms with Crippen LogP contribution >= 0.6 is 27.5 Å². The number of hydrogen-bond acceptors (Lipinski definition) is 1. The second kappa shape index (κ2) is 5.99. The maximum Gasteiger partial charge on any atom is 0.129 e. The molecular formula is C14H11BrClF2N. The fraction of sp³-hybridized carbons (Fsp3) is 0.143. The summed E-state index contributed by atoms with van der Waals surface area (Å²) >= 11 is 9.28. The Kier molecular flexibility index (Phi) is 4.55. The van der Waals surface area contributed by atoms with Gasteiger partial charge in [-0.25, -0.2) is 8.78 Å². The molecule has 0 aliphatic carbocycles. The van der Waals surface area contributed by atoms with Gasteiger partial charge >= 0.3 is 0 Å². The Hall–Kier alpha value is -0.970. The Bertz CT molecular complexity index is 604. The summed E-state index contributed by atoms with van der Waals surface area (Å²) in [4.78, 5) is 0. The standard InChI is InChI=1S/C14H11BrClF2N/c15-11-4-2-9(5-12(11)16)14(19)6-8-1-3-10(17)7-13(8)18/h1-5,7,14H,6,19H2. The minimum absolute atomic E-state index is 0.282. The van der Waals surface area contributed by atoms with E-state index in [0.29, 0.717) is 10.6 Å². The lowest BCUT2D eigenvalue weighted by molar-refractivity contribution is 0.563. The first-order valence-electron chi connectivity index (χ1n) is 5.62. The van der Waals surface area contributed by atoms with E-state index < -0.39 is 17.7 Å². The van der Waals surface area contributed by atoms with Gasteiger partial charge in [0.15, 0.2) is 0 Å². The van der Waals surface area contributed by atoms with Crippen LogP contribution in [0.25, 0.3) is 0 Å². The van der Waals surface area contributed by atoms with Gasteiger partial charge in [0.1, 0.15) is 11.6 Å². The molecule has 0 amide bonds. The van der Waals surface area contributed by atoms with Gasteiger partial charge in [-0.1, -0.05) is 23.7 Å². The molecule has 1 atom stereocenters. The van der Waals surface area contributed by atoms with Crippen molar-refractivity contribution < 1.29 is 8.78 Å². The zero-order chi connectivity index (χ0) is 14.0. The van der Waals surface area contributed by atoms with E-state index in [4.69, 9.17) is 17.3 Å². The first-order valence-corrected chi connectivity index (χ1v) is 6.79. The number of halogens is 4. The van der Waals surface area contributed by atoms with Crippen LogP contribution in [0.1, 0.15) is 17.2 Å². The molecule has 0 saturated heterocycles. The number of nitrogens with two attached hydrogens (primary N) is 1. The molecule has 0 aromatic heterocycles. The molecule has 0 aliphatic heterocycles. The summed E-state index contributed by atoms with van der Waals surface area (Å²) in [7, 11) is 0. The molecule has 5 heteroatoms. The second-order valence-electron chi connectivity index (χ2n) is 4.22. The highest BCUT2D eigenvalue weighted by Crippen LogP contribution is 2.27. The summed E-state index contributed by atoms with van der Waals surface area (Å²) in [6.45, 7) is 0. The summed E-state index contributed by atoms with van der Waals surface area (Å²) in [6, 6.07) is 8.44. The maximum atomic E-state index is 13.5. The zero-order valence-corrected chi connectivity index (χ0v) is 12.2. The molecule has 0 heterocycles. The molecular weight excluding hydrogens is 336 g/mol. The minimum atomic E-state index is -0.596. The van der Waals surface area contributed by atoms with E-state index in [-0.39, 0.29) is 6.42 Å². The molecule has 2 aromatic carbocycles. The summed E-state index contributed by atoms with van der Waals surface area (Å²) in [6.07, 6.45) is 0.282. The van der Waals surface area contributed by atoms with Crippen LogP contribution in [0.4, 0.5) is 8.78 Å². The van der Waals surface area contributed by atoms with Crippen molar-refractivity contribution >= 4 is 27.5 Å². The molecule has 2 aromatic rings. The Morgan fingerprint density at radius 2 is 1.89 bits per heavy atom. The van der Waals surface area contributed by atoms with Crippen molar-refractivity contribution in [3.8, 4) is 0 Å². The SMILES string of the molecule is NC(Cc1ccc(F)cc1F)c1ccc(Br)c(Cl)c1. The summed E-state index contributed by atoms with van der Waals surface area (Å²) in [5.41, 5.74) is 7.20. The highest BCUT2D eigenvalue weighted by molar-refractivity contribution is 9.10. The lowest BCUT2D eigenvalue weighted by Crippen LogP contribution is -2.14. The van der Waals surface area contributed by atoms with Crippen LogP contribution in [-0.2, 0) is 6.42 Å². The van der Waals surface area contributed by atoms with Gasteiger partial charge in [-0.3, -0.25) is 0 Å². The van der Waals surface area contributed by atoms with Gasteiger partial charge in [-0.2, -0.15) is 0 Å². The van der Waals surface area contributed by atoms with Crippen LogP contribution < -0.4 is 5.73 Å². The van der Waals surface area contributed by atoms with Gasteiger partial charge in [0.05, 0.1) is 5.02 Å². The number of benzene rings is 2. The third kappa shape index (κ3) is 3.53. The zero-order valence-electron chi connectivity index (χ0n) is 9.84. The highest BCUT2D eigenvalue weighted by Gasteiger charge is 2.12. The normalized spacial score (nSPS) is 12.5.